The van der Waals surface area contributed by atoms with Crippen molar-refractivity contribution in [1.29, 1.82) is 5.26 Å². The molecule has 0 atom stereocenters. The molecular formula is C20H24N4O4S. The highest BCUT2D eigenvalue weighted by Gasteiger charge is 2.16. The van der Waals surface area contributed by atoms with Gasteiger partial charge in [0.1, 0.15) is 0 Å². The third-order valence-corrected chi connectivity index (χ3v) is 5.35. The third-order valence-electron chi connectivity index (χ3n) is 4.39. The highest BCUT2D eigenvalue weighted by Crippen LogP contribution is 2.20. The summed E-state index contributed by atoms with van der Waals surface area (Å²) in [5, 5.41) is 9.50. The van der Waals surface area contributed by atoms with E-state index in [2.05, 4.69) is 4.98 Å². The lowest BCUT2D eigenvalue weighted by Gasteiger charge is -2.16. The molecule has 29 heavy (non-hydrogen) atoms. The average Bonchev–Trinajstić information content (AvgIpc) is 2.74. The number of ether oxygens (including phenoxy) is 1. The maximum Gasteiger partial charge on any atom is 0.337 e. The summed E-state index contributed by atoms with van der Waals surface area (Å²) in [6, 6.07) is 6.66. The van der Waals surface area contributed by atoms with Gasteiger partial charge in [0.05, 0.1) is 41.8 Å². The van der Waals surface area contributed by atoms with Crippen LogP contribution in [0.25, 0.3) is 10.9 Å². The van der Waals surface area contributed by atoms with Crippen LogP contribution in [0.1, 0.15) is 36.5 Å². The molecule has 0 unspecified atom stereocenters. The molecule has 0 bridgehead atoms. The molecule has 2 rings (SSSR count). The number of benzene rings is 1. The van der Waals surface area contributed by atoms with Crippen molar-refractivity contribution in [3.63, 3.8) is 0 Å². The Hall–Kier alpha value is -2.86. The Bertz CT molecular complexity index is 996. The number of methoxy groups -OCH3 is 1. The lowest BCUT2D eigenvalue weighted by atomic mass is 10.1. The number of esters is 1. The number of aromatic nitrogens is 2. The number of hydrogen-bond acceptors (Lipinski definition) is 7. The second kappa shape index (κ2) is 10.6. The van der Waals surface area contributed by atoms with Crippen molar-refractivity contribution in [2.75, 3.05) is 26.5 Å². The third kappa shape index (κ3) is 5.57. The lowest BCUT2D eigenvalue weighted by molar-refractivity contribution is -0.127. The van der Waals surface area contributed by atoms with Crippen LogP contribution in [0.5, 0.6) is 0 Å². The number of hydrogen-bond donors (Lipinski definition) is 0. The molecule has 0 aliphatic heterocycles. The van der Waals surface area contributed by atoms with Crippen molar-refractivity contribution >= 4 is 34.5 Å². The first kappa shape index (κ1) is 22.4. The predicted molar refractivity (Wildman–Crippen MR) is 111 cm³/mol. The summed E-state index contributed by atoms with van der Waals surface area (Å²) in [5.41, 5.74) is 0.493. The van der Waals surface area contributed by atoms with Crippen molar-refractivity contribution in [1.82, 2.24) is 14.5 Å². The summed E-state index contributed by atoms with van der Waals surface area (Å²) in [6.45, 7) is 2.88. The van der Waals surface area contributed by atoms with Gasteiger partial charge in [-0.1, -0.05) is 25.1 Å². The maximum absolute atomic E-state index is 13.0. The number of unbranched alkanes of at least 4 members (excludes halogenated alkanes) is 1. The Kier molecular flexibility index (Phi) is 8.21. The Morgan fingerprint density at radius 2 is 2.14 bits per heavy atom. The summed E-state index contributed by atoms with van der Waals surface area (Å²) in [7, 11) is 2.93. The van der Waals surface area contributed by atoms with Crippen molar-refractivity contribution < 1.29 is 14.3 Å². The molecule has 1 heterocycles. The van der Waals surface area contributed by atoms with Crippen molar-refractivity contribution in [3.05, 3.63) is 34.1 Å². The topological polar surface area (TPSA) is 105 Å². The van der Waals surface area contributed by atoms with Crippen LogP contribution in [0.2, 0.25) is 0 Å². The van der Waals surface area contributed by atoms with Crippen LogP contribution < -0.4 is 5.56 Å². The van der Waals surface area contributed by atoms with Gasteiger partial charge >= 0.3 is 5.97 Å². The molecule has 1 aromatic carbocycles. The number of nitrogens with zero attached hydrogens (tertiary/aromatic N) is 4. The molecule has 2 aromatic rings. The fourth-order valence-corrected chi connectivity index (χ4v) is 3.61. The van der Waals surface area contributed by atoms with E-state index in [1.807, 2.05) is 13.0 Å². The molecule has 0 spiro atoms. The maximum atomic E-state index is 13.0. The number of thioether (sulfide) groups is 1. The molecule has 9 heteroatoms. The molecule has 1 aromatic heterocycles. The van der Waals surface area contributed by atoms with Crippen molar-refractivity contribution in [2.45, 2.75) is 37.9 Å². The number of carbonyl (C=O) groups excluding carboxylic acids is 2. The van der Waals surface area contributed by atoms with Crippen LogP contribution in [-0.2, 0) is 16.1 Å². The number of nitriles is 1. The first-order valence-corrected chi connectivity index (χ1v) is 10.3. The standard InChI is InChI=1S/C20H24N4O4S/c1-4-5-11-24-18(26)15-8-7-14(19(27)28-3)12-16(15)22-20(24)29-13-17(25)23(2)10-6-9-21/h7-8,12H,4-6,10-11,13H2,1-3H3. The average molecular weight is 417 g/mol. The van der Waals surface area contributed by atoms with Gasteiger partial charge in [-0.05, 0) is 24.6 Å². The van der Waals surface area contributed by atoms with Crippen LogP contribution in [0.3, 0.4) is 0 Å². The number of rotatable bonds is 9. The van der Waals surface area contributed by atoms with Crippen LogP contribution in [-0.4, -0.2) is 52.8 Å². The molecule has 0 saturated carbocycles. The SMILES string of the molecule is CCCCn1c(SCC(=O)N(C)CCC#N)nc2cc(C(=O)OC)ccc2c1=O. The fraction of sp³-hybridized carbons (Fsp3) is 0.450. The van der Waals surface area contributed by atoms with Gasteiger partial charge in [-0.3, -0.25) is 14.2 Å². The van der Waals surface area contributed by atoms with Crippen LogP contribution >= 0.6 is 11.8 Å². The largest absolute Gasteiger partial charge is 0.465 e. The van der Waals surface area contributed by atoms with E-state index >= 15 is 0 Å². The Balaban J connectivity index is 2.39. The first-order chi connectivity index (χ1) is 13.9. The minimum Gasteiger partial charge on any atom is -0.465 e. The van der Waals surface area contributed by atoms with Gasteiger partial charge < -0.3 is 9.64 Å². The summed E-state index contributed by atoms with van der Waals surface area (Å²) in [6.07, 6.45) is 1.97. The molecule has 0 saturated heterocycles. The van der Waals surface area contributed by atoms with Crippen molar-refractivity contribution in [2.24, 2.45) is 0 Å². The molecule has 0 radical (unpaired) electrons. The van der Waals surface area contributed by atoms with E-state index in [1.165, 1.54) is 29.8 Å². The highest BCUT2D eigenvalue weighted by molar-refractivity contribution is 7.99. The van der Waals surface area contributed by atoms with Gasteiger partial charge in [0.2, 0.25) is 5.91 Å². The normalized spacial score (nSPS) is 10.6. The van der Waals surface area contributed by atoms with Crippen LogP contribution in [0.4, 0.5) is 0 Å². The van der Waals surface area contributed by atoms with E-state index in [1.54, 1.807) is 23.7 Å². The summed E-state index contributed by atoms with van der Waals surface area (Å²) in [4.78, 5) is 43.1. The zero-order valence-corrected chi connectivity index (χ0v) is 17.6. The van der Waals surface area contributed by atoms with E-state index in [0.717, 1.165) is 12.8 Å². The molecule has 154 valence electrons. The number of fused-ring (bicyclic) bond motifs is 1. The zero-order chi connectivity index (χ0) is 21.4. The number of carbonyl (C=O) groups is 2. The van der Waals surface area contributed by atoms with E-state index in [-0.39, 0.29) is 23.6 Å². The zero-order valence-electron chi connectivity index (χ0n) is 16.8. The Morgan fingerprint density at radius 1 is 1.38 bits per heavy atom. The van der Waals surface area contributed by atoms with Gasteiger partial charge in [0.15, 0.2) is 5.16 Å². The van der Waals surface area contributed by atoms with Crippen molar-refractivity contribution in [3.8, 4) is 6.07 Å². The second-order valence-corrected chi connectivity index (χ2v) is 7.38. The monoisotopic (exact) mass is 416 g/mol. The van der Waals surface area contributed by atoms with Crippen LogP contribution in [0, 0.1) is 11.3 Å². The molecule has 0 fully saturated rings. The van der Waals surface area contributed by atoms with Crippen LogP contribution in [0.15, 0.2) is 28.2 Å². The molecule has 1 amide bonds. The van der Waals surface area contributed by atoms with Gasteiger partial charge in [-0.25, -0.2) is 9.78 Å². The van der Waals surface area contributed by atoms with E-state index in [4.69, 9.17) is 10.00 Å². The van der Waals surface area contributed by atoms with Gasteiger partial charge in [-0.15, -0.1) is 0 Å². The summed E-state index contributed by atoms with van der Waals surface area (Å²) in [5.74, 6) is -0.555. The highest BCUT2D eigenvalue weighted by atomic mass is 32.2. The Morgan fingerprint density at radius 3 is 2.79 bits per heavy atom. The molecule has 0 N–H and O–H groups in total. The molecule has 0 aliphatic rings. The quantitative estimate of drug-likeness (QED) is 0.351. The predicted octanol–water partition coefficient (Wildman–Crippen LogP) is 2.45. The van der Waals surface area contributed by atoms with Gasteiger partial charge in [0.25, 0.3) is 5.56 Å². The van der Waals surface area contributed by atoms with E-state index in [9.17, 15) is 14.4 Å². The summed E-state index contributed by atoms with van der Waals surface area (Å²) < 4.78 is 6.31. The first-order valence-electron chi connectivity index (χ1n) is 9.29. The molecular weight excluding hydrogens is 392 g/mol. The minimum absolute atomic E-state index is 0.0999. The lowest BCUT2D eigenvalue weighted by Crippen LogP contribution is -2.30. The summed E-state index contributed by atoms with van der Waals surface area (Å²) >= 11 is 1.18. The Labute approximate surface area is 173 Å². The number of amides is 1. The van der Waals surface area contributed by atoms with E-state index in [0.29, 0.717) is 34.7 Å². The van der Waals surface area contributed by atoms with Gasteiger partial charge in [-0.2, -0.15) is 5.26 Å². The van der Waals surface area contributed by atoms with Gasteiger partial charge in [0, 0.05) is 20.1 Å². The second-order valence-electron chi connectivity index (χ2n) is 6.44. The van der Waals surface area contributed by atoms with E-state index < -0.39 is 5.97 Å². The minimum atomic E-state index is -0.507. The molecule has 0 aliphatic carbocycles. The molecule has 8 nitrogen and oxygen atoms in total. The smallest absolute Gasteiger partial charge is 0.337 e. The fourth-order valence-electron chi connectivity index (χ4n) is 2.65.